The van der Waals surface area contributed by atoms with E-state index in [1.165, 1.54) is 11.8 Å². The van der Waals surface area contributed by atoms with Crippen molar-refractivity contribution < 1.29 is 24.3 Å². The number of rotatable bonds is 17. The summed E-state index contributed by atoms with van der Waals surface area (Å²) in [5.41, 5.74) is 3.63. The third-order valence-electron chi connectivity index (χ3n) is 6.30. The highest BCUT2D eigenvalue weighted by molar-refractivity contribution is 7.99. The van der Waals surface area contributed by atoms with Gasteiger partial charge in [0.1, 0.15) is 19.3 Å². The summed E-state index contributed by atoms with van der Waals surface area (Å²) in [5.74, 6) is 0.643. The van der Waals surface area contributed by atoms with E-state index in [0.29, 0.717) is 23.8 Å². The molecule has 0 radical (unpaired) electrons. The molecule has 0 aliphatic heterocycles. The molecule has 1 heterocycles. The Hall–Kier alpha value is -4.00. The van der Waals surface area contributed by atoms with Gasteiger partial charge in [-0.25, -0.2) is 4.79 Å². The normalized spacial score (nSPS) is 11.7. The van der Waals surface area contributed by atoms with Crippen molar-refractivity contribution in [2.24, 2.45) is 5.92 Å². The first-order chi connectivity index (χ1) is 19.8. The van der Waals surface area contributed by atoms with Crippen LogP contribution >= 0.6 is 11.8 Å². The lowest BCUT2D eigenvalue weighted by atomic mass is 9.97. The van der Waals surface area contributed by atoms with Gasteiger partial charge in [0.2, 0.25) is 11.7 Å². The summed E-state index contributed by atoms with van der Waals surface area (Å²) in [6.07, 6.45) is 1.93. The van der Waals surface area contributed by atoms with Crippen LogP contribution in [0.5, 0.6) is 0 Å². The number of nitrogens with zero attached hydrogens (tertiary/aromatic N) is 5. The Morgan fingerprint density at radius 2 is 1.78 bits per heavy atom. The summed E-state index contributed by atoms with van der Waals surface area (Å²) < 4.78 is 5.54. The van der Waals surface area contributed by atoms with E-state index in [4.69, 9.17) is 4.74 Å². The lowest BCUT2D eigenvalue weighted by Crippen LogP contribution is -2.48. The van der Waals surface area contributed by atoms with E-state index >= 15 is 0 Å². The van der Waals surface area contributed by atoms with Crippen LogP contribution in [0.25, 0.3) is 22.5 Å². The van der Waals surface area contributed by atoms with Crippen molar-refractivity contribution >= 4 is 23.6 Å². The van der Waals surface area contributed by atoms with Crippen LogP contribution in [0.1, 0.15) is 45.6 Å². The van der Waals surface area contributed by atoms with Crippen LogP contribution in [0.15, 0.2) is 48.5 Å². The molecule has 3 rings (SSSR count). The molecule has 0 aliphatic rings. The van der Waals surface area contributed by atoms with Crippen molar-refractivity contribution in [3.05, 3.63) is 64.2 Å². The van der Waals surface area contributed by atoms with Crippen LogP contribution in [0, 0.1) is 16.0 Å². The monoisotopic (exact) mass is 584 g/mol. The van der Waals surface area contributed by atoms with Crippen LogP contribution in [-0.2, 0) is 25.7 Å². The molecule has 1 atom stereocenters. The summed E-state index contributed by atoms with van der Waals surface area (Å²) in [4.78, 5) is 42.7. The molecule has 1 N–H and O–H groups in total. The van der Waals surface area contributed by atoms with Gasteiger partial charge in [-0.05, 0) is 34.2 Å². The molecule has 0 aliphatic carbocycles. The molecular formula is C28H36N6O6S. The molecule has 1 amide bonds. The Balaban J connectivity index is 1.72. The highest BCUT2D eigenvalue weighted by Gasteiger charge is 2.33. The highest BCUT2D eigenvalue weighted by atomic mass is 32.2. The second kappa shape index (κ2) is 16.3. The van der Waals surface area contributed by atoms with Crippen molar-refractivity contribution in [3.8, 4) is 22.5 Å². The zero-order chi connectivity index (χ0) is 29.6. The van der Waals surface area contributed by atoms with Crippen LogP contribution < -0.4 is 0 Å². The molecule has 12 nitrogen and oxygen atoms in total. The van der Waals surface area contributed by atoms with E-state index in [1.807, 2.05) is 69.3 Å². The van der Waals surface area contributed by atoms with E-state index in [-0.39, 0.29) is 31.6 Å². The quantitative estimate of drug-likeness (QED) is 0.103. The number of aromatic amines is 1. The highest BCUT2D eigenvalue weighted by Crippen LogP contribution is 2.30. The number of hydrogen-bond donors (Lipinski definition) is 1. The number of benzene rings is 2. The SMILES string of the molecule is CCCCC(=O)N(Cc1ccc(-c2ccccc2-c2nn[nH]n2)cc1)[C@H](C(=O)OCCSCCO[N+](=O)[O-])C(C)C. The van der Waals surface area contributed by atoms with E-state index < -0.39 is 17.1 Å². The smallest absolute Gasteiger partial charge is 0.329 e. The largest absolute Gasteiger partial charge is 0.463 e. The number of carbonyl (C=O) groups is 2. The number of tetrazole rings is 1. The predicted molar refractivity (Wildman–Crippen MR) is 155 cm³/mol. The summed E-state index contributed by atoms with van der Waals surface area (Å²) in [5, 5.41) is 23.8. The number of H-pyrrole nitrogens is 1. The van der Waals surface area contributed by atoms with Gasteiger partial charge in [0.05, 0.1) is 0 Å². The van der Waals surface area contributed by atoms with Gasteiger partial charge in [0.25, 0.3) is 5.09 Å². The van der Waals surface area contributed by atoms with Crippen molar-refractivity contribution in [3.63, 3.8) is 0 Å². The topological polar surface area (TPSA) is 153 Å². The van der Waals surface area contributed by atoms with Gasteiger partial charge < -0.3 is 14.5 Å². The van der Waals surface area contributed by atoms with Crippen molar-refractivity contribution in [2.45, 2.75) is 52.6 Å². The van der Waals surface area contributed by atoms with Crippen molar-refractivity contribution in [1.82, 2.24) is 25.5 Å². The van der Waals surface area contributed by atoms with E-state index in [0.717, 1.165) is 35.1 Å². The van der Waals surface area contributed by atoms with E-state index in [2.05, 4.69) is 25.5 Å². The van der Waals surface area contributed by atoms with Crippen LogP contribution in [-0.4, -0.2) is 73.2 Å². The van der Waals surface area contributed by atoms with Crippen molar-refractivity contribution in [2.75, 3.05) is 24.7 Å². The Kier molecular flexibility index (Phi) is 12.5. The minimum absolute atomic E-state index is 0.0264. The number of hydrogen-bond acceptors (Lipinski definition) is 10. The van der Waals surface area contributed by atoms with Crippen LogP contribution in [0.3, 0.4) is 0 Å². The van der Waals surface area contributed by atoms with E-state index in [9.17, 15) is 19.7 Å². The third kappa shape index (κ3) is 9.55. The van der Waals surface area contributed by atoms with Gasteiger partial charge in [0.15, 0.2) is 0 Å². The number of esters is 1. The molecule has 220 valence electrons. The van der Waals surface area contributed by atoms with Crippen molar-refractivity contribution in [1.29, 1.82) is 0 Å². The molecule has 0 spiro atoms. The fraction of sp³-hybridized carbons (Fsp3) is 0.464. The Bertz CT molecular complexity index is 1260. The Morgan fingerprint density at radius 3 is 2.41 bits per heavy atom. The second-order valence-electron chi connectivity index (χ2n) is 9.63. The number of aromatic nitrogens is 4. The number of amides is 1. The summed E-state index contributed by atoms with van der Waals surface area (Å²) in [6, 6.07) is 14.9. The summed E-state index contributed by atoms with van der Waals surface area (Å²) in [7, 11) is 0. The molecular weight excluding hydrogens is 548 g/mol. The van der Waals surface area contributed by atoms with Gasteiger partial charge in [-0.1, -0.05) is 75.7 Å². The molecule has 41 heavy (non-hydrogen) atoms. The van der Waals surface area contributed by atoms with Gasteiger partial charge >= 0.3 is 5.97 Å². The second-order valence-corrected chi connectivity index (χ2v) is 10.9. The zero-order valence-electron chi connectivity index (χ0n) is 23.5. The molecule has 0 unspecified atom stereocenters. The number of thioether (sulfide) groups is 1. The first-order valence-corrected chi connectivity index (χ1v) is 14.7. The Labute approximate surface area is 243 Å². The summed E-state index contributed by atoms with van der Waals surface area (Å²) in [6.45, 7) is 6.19. The fourth-order valence-corrected chi connectivity index (χ4v) is 4.92. The summed E-state index contributed by atoms with van der Waals surface area (Å²) >= 11 is 1.39. The molecule has 3 aromatic rings. The Morgan fingerprint density at radius 1 is 1.07 bits per heavy atom. The number of carbonyl (C=O) groups excluding carboxylic acids is 2. The maximum absolute atomic E-state index is 13.3. The average Bonchev–Trinajstić information content (AvgIpc) is 3.50. The standard InChI is InChI=1S/C28H36N6O6S/c1-4-5-10-25(35)33(26(20(2)3)28(36)39-15-17-41-18-16-40-34(37)38)19-21-11-13-22(14-12-21)23-8-6-7-9-24(23)27-29-31-32-30-27/h6-9,11-14,20,26H,4-5,10,15-19H2,1-3H3,(H,29,30,31,32)/t26-/m0/s1. The van der Waals surface area contributed by atoms with Gasteiger partial charge in [0, 0.05) is 30.0 Å². The first-order valence-electron chi connectivity index (χ1n) is 13.5. The third-order valence-corrected chi connectivity index (χ3v) is 7.21. The predicted octanol–water partition coefficient (Wildman–Crippen LogP) is 4.56. The first kappa shape index (κ1) is 31.5. The molecule has 0 bridgehead atoms. The van der Waals surface area contributed by atoms with Crippen LogP contribution in [0.4, 0.5) is 0 Å². The number of ether oxygens (including phenoxy) is 1. The van der Waals surface area contributed by atoms with E-state index in [1.54, 1.807) is 4.90 Å². The average molecular weight is 585 g/mol. The number of unbranched alkanes of at least 4 members (excludes halogenated alkanes) is 1. The van der Waals surface area contributed by atoms with Gasteiger partial charge in [-0.3, -0.25) is 4.79 Å². The minimum Gasteiger partial charge on any atom is -0.463 e. The molecule has 0 fully saturated rings. The maximum atomic E-state index is 13.3. The van der Waals surface area contributed by atoms with Crippen LogP contribution in [0.2, 0.25) is 0 Å². The molecule has 1 aromatic heterocycles. The fourth-order valence-electron chi connectivity index (χ4n) is 4.32. The maximum Gasteiger partial charge on any atom is 0.329 e. The molecule has 13 heteroatoms. The number of nitrogens with one attached hydrogen (secondary N) is 1. The lowest BCUT2D eigenvalue weighted by molar-refractivity contribution is -0.756. The molecule has 0 saturated heterocycles. The zero-order valence-corrected chi connectivity index (χ0v) is 24.3. The van der Waals surface area contributed by atoms with Gasteiger partial charge in [-0.15, -0.1) is 20.3 Å². The molecule has 0 saturated carbocycles. The van der Waals surface area contributed by atoms with Gasteiger partial charge in [-0.2, -0.15) is 17.0 Å². The molecule has 2 aromatic carbocycles. The lowest BCUT2D eigenvalue weighted by Gasteiger charge is -2.33. The minimum atomic E-state index is -0.833.